The molecule has 1 aliphatic carbocycles. The van der Waals surface area contributed by atoms with E-state index in [0.29, 0.717) is 5.92 Å². The van der Waals surface area contributed by atoms with Crippen molar-refractivity contribution in [3.8, 4) is 0 Å². The molecule has 1 heterocycles. The number of aliphatic imine (C=N–C) groups is 1. The number of methoxy groups -OCH3 is 1. The van der Waals surface area contributed by atoms with Crippen LogP contribution in [-0.4, -0.2) is 30.3 Å². The van der Waals surface area contributed by atoms with Crippen LogP contribution >= 0.6 is 0 Å². The molecule has 76 valence electrons. The van der Waals surface area contributed by atoms with Gasteiger partial charge < -0.3 is 4.74 Å². The molecule has 4 nitrogen and oxygen atoms in total. The zero-order chi connectivity index (χ0) is 9.80. The van der Waals surface area contributed by atoms with Crippen LogP contribution in [0.3, 0.4) is 0 Å². The number of aryl methyl sites for hydroxylation is 1. The van der Waals surface area contributed by atoms with E-state index in [9.17, 15) is 0 Å². The van der Waals surface area contributed by atoms with E-state index in [1.54, 1.807) is 7.11 Å². The van der Waals surface area contributed by atoms with Crippen LogP contribution in [0.15, 0.2) is 11.2 Å². The molecule has 2 rings (SSSR count). The fourth-order valence-corrected chi connectivity index (χ4v) is 1.91. The highest BCUT2D eigenvalue weighted by Crippen LogP contribution is 2.23. The maximum Gasteiger partial charge on any atom is 0.168 e. The summed E-state index contributed by atoms with van der Waals surface area (Å²) in [5, 5.41) is 7.08. The fraction of sp³-hybridized carbons (Fsp3) is 0.600. The highest BCUT2D eigenvalue weighted by atomic mass is 16.5. The van der Waals surface area contributed by atoms with Crippen molar-refractivity contribution in [1.29, 1.82) is 0 Å². The monoisotopic (exact) mass is 193 g/mol. The second kappa shape index (κ2) is 4.26. The number of nitrogens with one attached hydrogen (secondary N) is 1. The third kappa shape index (κ3) is 1.95. The third-order valence-electron chi connectivity index (χ3n) is 2.66. The lowest BCUT2D eigenvalue weighted by Gasteiger charge is -2.19. The molecule has 0 bridgehead atoms. The lowest BCUT2D eigenvalue weighted by atomic mass is 9.88. The van der Waals surface area contributed by atoms with Gasteiger partial charge in [0.15, 0.2) is 6.40 Å². The second-order valence-electron chi connectivity index (χ2n) is 3.69. The Hall–Kier alpha value is -1.32. The Balaban J connectivity index is 1.91. The molecular formula is C10H15N3O. The first-order valence-corrected chi connectivity index (χ1v) is 4.92. The molecule has 1 unspecified atom stereocenters. The zero-order valence-corrected chi connectivity index (χ0v) is 8.36. The molecule has 1 aromatic rings. The molecule has 0 radical (unpaired) electrons. The molecule has 1 atom stereocenters. The van der Waals surface area contributed by atoms with E-state index in [0.717, 1.165) is 19.4 Å². The predicted molar refractivity (Wildman–Crippen MR) is 54.5 cm³/mol. The average Bonchev–Trinajstić information content (AvgIpc) is 2.65. The van der Waals surface area contributed by atoms with Crippen molar-refractivity contribution in [2.24, 2.45) is 10.9 Å². The van der Waals surface area contributed by atoms with Crippen LogP contribution in [0.5, 0.6) is 0 Å². The molecule has 1 N–H and O–H groups in total. The van der Waals surface area contributed by atoms with Crippen LogP contribution in [0.1, 0.15) is 17.7 Å². The fourth-order valence-electron chi connectivity index (χ4n) is 1.91. The molecule has 0 saturated heterocycles. The first-order chi connectivity index (χ1) is 6.90. The SMILES string of the molecule is COC=NCC1CCc2[nH]ncc2C1. The molecule has 1 aliphatic rings. The summed E-state index contributed by atoms with van der Waals surface area (Å²) in [6, 6.07) is 0. The quantitative estimate of drug-likeness (QED) is 0.579. The van der Waals surface area contributed by atoms with Crippen molar-refractivity contribution in [1.82, 2.24) is 10.2 Å². The number of rotatable bonds is 3. The topological polar surface area (TPSA) is 50.3 Å². The van der Waals surface area contributed by atoms with E-state index in [4.69, 9.17) is 4.74 Å². The van der Waals surface area contributed by atoms with E-state index < -0.39 is 0 Å². The van der Waals surface area contributed by atoms with Gasteiger partial charge in [-0.2, -0.15) is 5.10 Å². The number of nitrogens with zero attached hydrogens (tertiary/aromatic N) is 2. The minimum absolute atomic E-state index is 0.645. The van der Waals surface area contributed by atoms with Crippen LogP contribution in [0, 0.1) is 5.92 Å². The van der Waals surface area contributed by atoms with Crippen molar-refractivity contribution in [3.63, 3.8) is 0 Å². The number of hydrogen-bond acceptors (Lipinski definition) is 3. The maximum absolute atomic E-state index is 4.78. The van der Waals surface area contributed by atoms with E-state index in [1.807, 2.05) is 6.20 Å². The number of aromatic nitrogens is 2. The lowest BCUT2D eigenvalue weighted by molar-refractivity contribution is 0.412. The van der Waals surface area contributed by atoms with Crippen molar-refractivity contribution in [2.45, 2.75) is 19.3 Å². The summed E-state index contributed by atoms with van der Waals surface area (Å²) in [5.41, 5.74) is 2.66. The van der Waals surface area contributed by atoms with Crippen LogP contribution in [0.25, 0.3) is 0 Å². The van der Waals surface area contributed by atoms with Crippen LogP contribution in [0.2, 0.25) is 0 Å². The Morgan fingerprint density at radius 2 is 2.71 bits per heavy atom. The summed E-state index contributed by atoms with van der Waals surface area (Å²) < 4.78 is 4.78. The molecule has 0 spiro atoms. The Bertz CT molecular complexity index is 319. The van der Waals surface area contributed by atoms with Crippen LogP contribution < -0.4 is 0 Å². The highest BCUT2D eigenvalue weighted by molar-refractivity contribution is 5.45. The van der Waals surface area contributed by atoms with Gasteiger partial charge in [-0.1, -0.05) is 0 Å². The van der Waals surface area contributed by atoms with Gasteiger partial charge in [0.25, 0.3) is 0 Å². The van der Waals surface area contributed by atoms with E-state index in [2.05, 4.69) is 15.2 Å². The van der Waals surface area contributed by atoms with Gasteiger partial charge in [-0.15, -0.1) is 0 Å². The van der Waals surface area contributed by atoms with Crippen LogP contribution in [0.4, 0.5) is 0 Å². The summed E-state index contributed by atoms with van der Waals surface area (Å²) in [6.45, 7) is 0.860. The Labute approximate surface area is 83.4 Å². The van der Waals surface area contributed by atoms with Gasteiger partial charge in [0.1, 0.15) is 0 Å². The second-order valence-corrected chi connectivity index (χ2v) is 3.69. The summed E-state index contributed by atoms with van der Waals surface area (Å²) in [6.07, 6.45) is 6.83. The highest BCUT2D eigenvalue weighted by Gasteiger charge is 2.19. The molecule has 0 aliphatic heterocycles. The van der Waals surface area contributed by atoms with Gasteiger partial charge in [-0.25, -0.2) is 0 Å². The first kappa shape index (κ1) is 9.24. The largest absolute Gasteiger partial charge is 0.487 e. The smallest absolute Gasteiger partial charge is 0.168 e. The summed E-state index contributed by atoms with van der Waals surface area (Å²) in [5.74, 6) is 0.645. The molecule has 4 heteroatoms. The van der Waals surface area contributed by atoms with Gasteiger partial charge >= 0.3 is 0 Å². The predicted octanol–water partition coefficient (Wildman–Crippen LogP) is 1.19. The number of hydrogen-bond donors (Lipinski definition) is 1. The number of aromatic amines is 1. The molecule has 0 fully saturated rings. The molecule has 0 amide bonds. The molecule has 0 aromatic carbocycles. The number of ether oxygens (including phenoxy) is 1. The Kier molecular flexibility index (Phi) is 2.81. The zero-order valence-electron chi connectivity index (χ0n) is 8.36. The molecule has 0 saturated carbocycles. The van der Waals surface area contributed by atoms with Gasteiger partial charge in [0.05, 0.1) is 13.3 Å². The van der Waals surface area contributed by atoms with Crippen molar-refractivity contribution < 1.29 is 4.74 Å². The van der Waals surface area contributed by atoms with Crippen LogP contribution in [-0.2, 0) is 17.6 Å². The standard InChI is InChI=1S/C10H15N3O/c1-14-7-11-5-8-2-3-10-9(4-8)6-12-13-10/h6-8H,2-5H2,1H3,(H,12,13). The lowest BCUT2D eigenvalue weighted by Crippen LogP contribution is -2.16. The van der Waals surface area contributed by atoms with E-state index in [1.165, 1.54) is 24.1 Å². The number of fused-ring (bicyclic) bond motifs is 1. The minimum atomic E-state index is 0.645. The summed E-state index contributed by atoms with van der Waals surface area (Å²) in [4.78, 5) is 4.19. The Morgan fingerprint density at radius 1 is 1.79 bits per heavy atom. The first-order valence-electron chi connectivity index (χ1n) is 4.92. The summed E-state index contributed by atoms with van der Waals surface area (Å²) in [7, 11) is 1.62. The normalized spacial score (nSPS) is 21.1. The Morgan fingerprint density at radius 3 is 3.57 bits per heavy atom. The van der Waals surface area contributed by atoms with Crippen molar-refractivity contribution in [2.75, 3.05) is 13.7 Å². The number of H-pyrrole nitrogens is 1. The minimum Gasteiger partial charge on any atom is -0.487 e. The summed E-state index contributed by atoms with van der Waals surface area (Å²) >= 11 is 0. The van der Waals surface area contributed by atoms with E-state index in [-0.39, 0.29) is 0 Å². The van der Waals surface area contributed by atoms with Gasteiger partial charge in [-0.3, -0.25) is 10.1 Å². The van der Waals surface area contributed by atoms with Gasteiger partial charge in [-0.05, 0) is 30.7 Å². The van der Waals surface area contributed by atoms with Gasteiger partial charge in [0.2, 0.25) is 0 Å². The van der Waals surface area contributed by atoms with Crippen molar-refractivity contribution in [3.05, 3.63) is 17.5 Å². The average molecular weight is 193 g/mol. The third-order valence-corrected chi connectivity index (χ3v) is 2.66. The molecule has 14 heavy (non-hydrogen) atoms. The van der Waals surface area contributed by atoms with Crippen molar-refractivity contribution >= 4 is 6.40 Å². The van der Waals surface area contributed by atoms with Gasteiger partial charge in [0, 0.05) is 12.2 Å². The van der Waals surface area contributed by atoms with E-state index >= 15 is 0 Å². The maximum atomic E-state index is 4.78. The molecular weight excluding hydrogens is 178 g/mol. The molecule has 1 aromatic heterocycles.